The zero-order chi connectivity index (χ0) is 14.3. The molecular weight excluding hydrogens is 274 g/mol. The molecule has 1 aliphatic heterocycles. The highest BCUT2D eigenvalue weighted by Crippen LogP contribution is 2.38. The Hall–Kier alpha value is -0.850. The van der Waals surface area contributed by atoms with Crippen LogP contribution in [0, 0.1) is 5.92 Å². The lowest BCUT2D eigenvalue weighted by molar-refractivity contribution is 0.464. The van der Waals surface area contributed by atoms with E-state index in [0.29, 0.717) is 36.5 Å². The number of rotatable bonds is 5. The number of sulfonamides is 1. The fourth-order valence-electron chi connectivity index (χ4n) is 2.92. The number of nitrogens with zero attached hydrogens (tertiary/aromatic N) is 2. The molecule has 2 fully saturated rings. The summed E-state index contributed by atoms with van der Waals surface area (Å²) < 4.78 is 29.1. The summed E-state index contributed by atoms with van der Waals surface area (Å²) >= 11 is 0. The summed E-state index contributed by atoms with van der Waals surface area (Å²) in [4.78, 5) is 0.462. The van der Waals surface area contributed by atoms with Gasteiger partial charge in [-0.05, 0) is 38.3 Å². The van der Waals surface area contributed by atoms with Crippen LogP contribution in [0.25, 0.3) is 0 Å². The number of aromatic nitrogens is 1. The molecule has 112 valence electrons. The molecule has 5 nitrogen and oxygen atoms in total. The van der Waals surface area contributed by atoms with Gasteiger partial charge in [0, 0.05) is 37.6 Å². The van der Waals surface area contributed by atoms with Crippen LogP contribution in [0.4, 0.5) is 0 Å². The first kappa shape index (κ1) is 14.1. The Morgan fingerprint density at radius 3 is 2.65 bits per heavy atom. The highest BCUT2D eigenvalue weighted by atomic mass is 32.2. The van der Waals surface area contributed by atoms with Crippen molar-refractivity contribution in [2.75, 3.05) is 20.1 Å². The van der Waals surface area contributed by atoms with Gasteiger partial charge in [-0.1, -0.05) is 6.92 Å². The molecule has 1 saturated carbocycles. The Morgan fingerprint density at radius 2 is 2.10 bits per heavy atom. The molecule has 0 bridgehead atoms. The minimum Gasteiger partial charge on any atom is -0.346 e. The van der Waals surface area contributed by atoms with Crippen LogP contribution in [-0.4, -0.2) is 37.4 Å². The van der Waals surface area contributed by atoms with Gasteiger partial charge in [0.15, 0.2) is 0 Å². The molecule has 0 aromatic carbocycles. The topological polar surface area (TPSA) is 54.3 Å². The van der Waals surface area contributed by atoms with Gasteiger partial charge >= 0.3 is 0 Å². The van der Waals surface area contributed by atoms with Crippen LogP contribution in [0.5, 0.6) is 0 Å². The SMILES string of the molecule is CNCc1cc(S(=O)(=O)N2CCC(C)C2)cn1C1CC1. The maximum atomic E-state index is 12.7. The van der Waals surface area contributed by atoms with Crippen LogP contribution in [-0.2, 0) is 16.6 Å². The quantitative estimate of drug-likeness (QED) is 0.897. The van der Waals surface area contributed by atoms with Crippen molar-refractivity contribution in [1.29, 1.82) is 0 Å². The van der Waals surface area contributed by atoms with Gasteiger partial charge in [-0.25, -0.2) is 8.42 Å². The second-order valence-electron chi connectivity index (χ2n) is 6.09. The number of hydrogen-bond donors (Lipinski definition) is 1. The summed E-state index contributed by atoms with van der Waals surface area (Å²) in [5.74, 6) is 0.465. The van der Waals surface area contributed by atoms with Crippen LogP contribution < -0.4 is 5.32 Å². The summed E-state index contributed by atoms with van der Waals surface area (Å²) in [7, 11) is -1.42. The average molecular weight is 297 g/mol. The normalized spacial score (nSPS) is 24.4. The molecule has 0 radical (unpaired) electrons. The third kappa shape index (κ3) is 2.52. The number of hydrogen-bond acceptors (Lipinski definition) is 3. The van der Waals surface area contributed by atoms with Crippen LogP contribution in [0.3, 0.4) is 0 Å². The lowest BCUT2D eigenvalue weighted by Gasteiger charge is -2.14. The molecule has 1 aliphatic carbocycles. The lowest BCUT2D eigenvalue weighted by atomic mass is 10.2. The lowest BCUT2D eigenvalue weighted by Crippen LogP contribution is -2.28. The second kappa shape index (κ2) is 5.16. The van der Waals surface area contributed by atoms with Crippen molar-refractivity contribution in [3.8, 4) is 0 Å². The molecule has 1 unspecified atom stereocenters. The monoisotopic (exact) mass is 297 g/mol. The molecular formula is C14H23N3O2S. The molecule has 20 heavy (non-hydrogen) atoms. The molecule has 2 aliphatic rings. The van der Waals surface area contributed by atoms with E-state index < -0.39 is 10.0 Å². The maximum absolute atomic E-state index is 12.7. The summed E-state index contributed by atoms with van der Waals surface area (Å²) in [6.45, 7) is 4.12. The zero-order valence-electron chi connectivity index (χ0n) is 12.2. The van der Waals surface area contributed by atoms with E-state index in [1.54, 1.807) is 4.31 Å². The Labute approximate surface area is 121 Å². The van der Waals surface area contributed by atoms with Gasteiger partial charge in [-0.3, -0.25) is 0 Å². The molecule has 2 heterocycles. The molecule has 1 aromatic rings. The third-order valence-electron chi connectivity index (χ3n) is 4.23. The molecule has 0 spiro atoms. The van der Waals surface area contributed by atoms with Gasteiger partial charge < -0.3 is 9.88 Å². The van der Waals surface area contributed by atoms with Gasteiger partial charge in [-0.2, -0.15) is 4.31 Å². The van der Waals surface area contributed by atoms with E-state index in [1.807, 2.05) is 19.3 Å². The van der Waals surface area contributed by atoms with Gasteiger partial charge in [0.2, 0.25) is 10.0 Å². The van der Waals surface area contributed by atoms with Crippen LogP contribution in [0.2, 0.25) is 0 Å². The molecule has 0 amide bonds. The second-order valence-corrected chi connectivity index (χ2v) is 8.03. The summed E-state index contributed by atoms with van der Waals surface area (Å²) in [5.41, 5.74) is 1.07. The predicted molar refractivity (Wildman–Crippen MR) is 78.0 cm³/mol. The Morgan fingerprint density at radius 1 is 1.35 bits per heavy atom. The van der Waals surface area contributed by atoms with E-state index in [9.17, 15) is 8.42 Å². The smallest absolute Gasteiger partial charge is 0.244 e. The van der Waals surface area contributed by atoms with Gasteiger partial charge in [0.05, 0.1) is 0 Å². The Bertz CT molecular complexity index is 590. The van der Waals surface area contributed by atoms with Crippen molar-refractivity contribution in [1.82, 2.24) is 14.2 Å². The maximum Gasteiger partial charge on any atom is 0.244 e. The van der Waals surface area contributed by atoms with Crippen LogP contribution in [0.15, 0.2) is 17.2 Å². The Kier molecular flexibility index (Phi) is 3.64. The fraction of sp³-hybridized carbons (Fsp3) is 0.714. The van der Waals surface area contributed by atoms with Crippen molar-refractivity contribution < 1.29 is 8.42 Å². The van der Waals surface area contributed by atoms with Gasteiger partial charge in [0.1, 0.15) is 4.90 Å². The summed E-state index contributed by atoms with van der Waals surface area (Å²) in [6.07, 6.45) is 5.12. The molecule has 1 atom stereocenters. The minimum atomic E-state index is -3.31. The van der Waals surface area contributed by atoms with Gasteiger partial charge in [0.25, 0.3) is 0 Å². The molecule has 1 N–H and O–H groups in total. The van der Waals surface area contributed by atoms with Gasteiger partial charge in [-0.15, -0.1) is 0 Å². The van der Waals surface area contributed by atoms with Crippen molar-refractivity contribution in [3.63, 3.8) is 0 Å². The fourth-order valence-corrected chi connectivity index (χ4v) is 4.54. The third-order valence-corrected chi connectivity index (χ3v) is 6.06. The highest BCUT2D eigenvalue weighted by Gasteiger charge is 2.33. The summed E-state index contributed by atoms with van der Waals surface area (Å²) in [6, 6.07) is 2.34. The first-order valence-corrected chi connectivity index (χ1v) is 8.82. The predicted octanol–water partition coefficient (Wildman–Crippen LogP) is 1.57. The molecule has 1 saturated heterocycles. The zero-order valence-corrected chi connectivity index (χ0v) is 13.0. The average Bonchev–Trinajstić information content (AvgIpc) is 3.00. The van der Waals surface area contributed by atoms with E-state index in [0.717, 1.165) is 25.0 Å². The highest BCUT2D eigenvalue weighted by molar-refractivity contribution is 7.89. The molecule has 1 aromatic heterocycles. The van der Waals surface area contributed by atoms with Crippen molar-refractivity contribution in [3.05, 3.63) is 18.0 Å². The largest absolute Gasteiger partial charge is 0.346 e. The standard InChI is InChI=1S/C14H23N3O2S/c1-11-5-6-16(9-11)20(18,19)14-7-13(8-15-2)17(10-14)12-3-4-12/h7,10-12,15H,3-6,8-9H2,1-2H3. The first-order chi connectivity index (χ1) is 9.52. The summed E-state index contributed by atoms with van der Waals surface area (Å²) in [5, 5.41) is 3.12. The number of nitrogens with one attached hydrogen (secondary N) is 1. The molecule has 6 heteroatoms. The van der Waals surface area contributed by atoms with E-state index in [4.69, 9.17) is 0 Å². The van der Waals surface area contributed by atoms with Crippen LogP contribution in [0.1, 0.15) is 37.9 Å². The van der Waals surface area contributed by atoms with Crippen molar-refractivity contribution in [2.45, 2.75) is 43.7 Å². The van der Waals surface area contributed by atoms with Crippen molar-refractivity contribution in [2.24, 2.45) is 5.92 Å². The van der Waals surface area contributed by atoms with Crippen LogP contribution >= 0.6 is 0 Å². The van der Waals surface area contributed by atoms with E-state index in [1.165, 1.54) is 0 Å². The van der Waals surface area contributed by atoms with Crippen molar-refractivity contribution >= 4 is 10.0 Å². The van der Waals surface area contributed by atoms with E-state index in [-0.39, 0.29) is 0 Å². The Balaban J connectivity index is 1.91. The van der Waals surface area contributed by atoms with E-state index in [2.05, 4.69) is 16.8 Å². The van der Waals surface area contributed by atoms with E-state index >= 15 is 0 Å². The molecule has 3 rings (SSSR count). The minimum absolute atomic E-state index is 0.462. The first-order valence-electron chi connectivity index (χ1n) is 7.38.